The minimum absolute atomic E-state index is 0.276. The Labute approximate surface area is 103 Å². The van der Waals surface area contributed by atoms with Crippen molar-refractivity contribution >= 4 is 27.3 Å². The Morgan fingerprint density at radius 2 is 2.47 bits per heavy atom. The summed E-state index contributed by atoms with van der Waals surface area (Å²) < 4.78 is 5.66. The minimum atomic E-state index is 0.276. The third kappa shape index (κ3) is 2.60. The molecule has 0 aliphatic carbocycles. The van der Waals surface area contributed by atoms with E-state index in [1.807, 2.05) is 11.3 Å². The summed E-state index contributed by atoms with van der Waals surface area (Å²) in [6.07, 6.45) is 4.84. The number of aryl methyl sites for hydroxylation is 1. The van der Waals surface area contributed by atoms with Gasteiger partial charge in [-0.05, 0) is 19.3 Å². The molecule has 1 aliphatic heterocycles. The summed E-state index contributed by atoms with van der Waals surface area (Å²) in [4.78, 5) is 6.09. The molecule has 1 saturated heterocycles. The van der Waals surface area contributed by atoms with Crippen molar-refractivity contribution < 1.29 is 4.74 Å². The molecule has 0 amide bonds. The second kappa shape index (κ2) is 5.41. The van der Waals surface area contributed by atoms with Crippen molar-refractivity contribution in [3.05, 3.63) is 15.6 Å². The Balaban J connectivity index is 2.17. The smallest absolute Gasteiger partial charge is 0.122 e. The van der Waals surface area contributed by atoms with E-state index in [0.29, 0.717) is 0 Å². The molecule has 1 fully saturated rings. The maximum absolute atomic E-state index is 5.66. The van der Waals surface area contributed by atoms with E-state index in [9.17, 15) is 0 Å². The van der Waals surface area contributed by atoms with E-state index in [0.717, 1.165) is 31.2 Å². The van der Waals surface area contributed by atoms with Gasteiger partial charge in [0.15, 0.2) is 0 Å². The maximum Gasteiger partial charge on any atom is 0.122 e. The molecular weight excluding hydrogens is 274 g/mol. The lowest BCUT2D eigenvalue weighted by atomic mass is 10.2. The normalized spacial score (nSPS) is 21.1. The first-order valence-corrected chi connectivity index (χ1v) is 7.45. The number of rotatable bonds is 4. The van der Waals surface area contributed by atoms with Crippen molar-refractivity contribution in [2.45, 2.75) is 44.0 Å². The molecule has 2 heterocycles. The summed E-state index contributed by atoms with van der Waals surface area (Å²) >= 11 is 5.34. The molecule has 4 heteroatoms. The fourth-order valence-electron chi connectivity index (χ4n) is 1.85. The molecule has 0 saturated carbocycles. The van der Waals surface area contributed by atoms with E-state index in [1.165, 1.54) is 22.0 Å². The van der Waals surface area contributed by atoms with E-state index < -0.39 is 0 Å². The van der Waals surface area contributed by atoms with Gasteiger partial charge in [-0.1, -0.05) is 29.3 Å². The molecule has 1 aromatic heterocycles. The Hall–Kier alpha value is 0.0700. The van der Waals surface area contributed by atoms with Crippen LogP contribution in [0.25, 0.3) is 0 Å². The Bertz CT molecular complexity index is 320. The van der Waals surface area contributed by atoms with Gasteiger partial charge in [-0.2, -0.15) is 0 Å². The first-order chi connectivity index (χ1) is 7.35. The molecule has 2 rings (SSSR count). The van der Waals surface area contributed by atoms with Crippen molar-refractivity contribution in [3.63, 3.8) is 0 Å². The highest BCUT2D eigenvalue weighted by molar-refractivity contribution is 9.08. The van der Waals surface area contributed by atoms with Gasteiger partial charge in [0, 0.05) is 16.8 Å². The maximum atomic E-state index is 5.66. The van der Waals surface area contributed by atoms with Crippen molar-refractivity contribution in [3.8, 4) is 0 Å². The molecule has 1 aliphatic rings. The number of halogens is 1. The Morgan fingerprint density at radius 3 is 3.07 bits per heavy atom. The van der Waals surface area contributed by atoms with Crippen molar-refractivity contribution in [1.29, 1.82) is 0 Å². The number of hydrogen-bond donors (Lipinski definition) is 0. The van der Waals surface area contributed by atoms with Crippen LogP contribution in [-0.4, -0.2) is 11.6 Å². The second-order valence-corrected chi connectivity index (χ2v) is 5.48. The fourth-order valence-corrected chi connectivity index (χ4v) is 3.56. The van der Waals surface area contributed by atoms with Gasteiger partial charge in [0.05, 0.1) is 5.69 Å². The summed E-state index contributed by atoms with van der Waals surface area (Å²) in [6, 6.07) is 0. The zero-order valence-corrected chi connectivity index (χ0v) is 11.4. The van der Waals surface area contributed by atoms with Gasteiger partial charge in [-0.3, -0.25) is 0 Å². The van der Waals surface area contributed by atoms with Crippen LogP contribution in [0.1, 0.15) is 47.9 Å². The highest BCUT2D eigenvalue weighted by Crippen LogP contribution is 2.34. The van der Waals surface area contributed by atoms with Crippen LogP contribution in [0.5, 0.6) is 0 Å². The minimum Gasteiger partial charge on any atom is -0.371 e. The number of ether oxygens (including phenoxy) is 1. The Kier molecular flexibility index (Phi) is 4.17. The summed E-state index contributed by atoms with van der Waals surface area (Å²) in [5, 5.41) is 2.11. The number of alkyl halides is 1. The van der Waals surface area contributed by atoms with Gasteiger partial charge in [-0.15, -0.1) is 11.3 Å². The van der Waals surface area contributed by atoms with Crippen LogP contribution < -0.4 is 0 Å². The molecule has 0 N–H and O–H groups in total. The average molecular weight is 290 g/mol. The molecular formula is C11H16BrNOS. The van der Waals surface area contributed by atoms with E-state index in [-0.39, 0.29) is 6.10 Å². The van der Waals surface area contributed by atoms with Gasteiger partial charge in [0.2, 0.25) is 0 Å². The van der Waals surface area contributed by atoms with Crippen LogP contribution in [0.15, 0.2) is 0 Å². The lowest BCUT2D eigenvalue weighted by Crippen LogP contribution is -1.95. The first-order valence-electron chi connectivity index (χ1n) is 5.51. The highest BCUT2D eigenvalue weighted by Gasteiger charge is 2.22. The largest absolute Gasteiger partial charge is 0.371 e. The molecule has 1 atom stereocenters. The lowest BCUT2D eigenvalue weighted by Gasteiger charge is -2.03. The summed E-state index contributed by atoms with van der Waals surface area (Å²) in [6.45, 7) is 3.10. The molecule has 0 radical (unpaired) electrons. The zero-order valence-electron chi connectivity index (χ0n) is 8.96. The lowest BCUT2D eigenvalue weighted by molar-refractivity contribution is 0.111. The molecule has 0 aromatic carbocycles. The summed E-state index contributed by atoms with van der Waals surface area (Å²) in [5.41, 5.74) is 1.27. The predicted molar refractivity (Wildman–Crippen MR) is 66.7 cm³/mol. The van der Waals surface area contributed by atoms with E-state index in [4.69, 9.17) is 9.72 Å². The van der Waals surface area contributed by atoms with Gasteiger partial charge >= 0.3 is 0 Å². The number of thiazole rings is 1. The highest BCUT2D eigenvalue weighted by atomic mass is 79.9. The standard InChI is InChI=1S/C11H16BrNOS/c1-2-4-8-10(7-12)15-11(13-8)9-5-3-6-14-9/h9H,2-7H2,1H3. The van der Waals surface area contributed by atoms with Crippen LogP contribution in [-0.2, 0) is 16.5 Å². The van der Waals surface area contributed by atoms with Gasteiger partial charge in [0.25, 0.3) is 0 Å². The summed E-state index contributed by atoms with van der Waals surface area (Å²) in [5.74, 6) is 0. The van der Waals surface area contributed by atoms with E-state index in [2.05, 4.69) is 22.9 Å². The topological polar surface area (TPSA) is 22.1 Å². The third-order valence-corrected chi connectivity index (χ3v) is 4.73. The first kappa shape index (κ1) is 11.6. The third-order valence-electron chi connectivity index (χ3n) is 2.61. The fraction of sp³-hybridized carbons (Fsp3) is 0.727. The quantitative estimate of drug-likeness (QED) is 0.786. The van der Waals surface area contributed by atoms with Crippen LogP contribution in [0.2, 0.25) is 0 Å². The average Bonchev–Trinajstić information content (AvgIpc) is 2.84. The van der Waals surface area contributed by atoms with Crippen LogP contribution in [0.3, 0.4) is 0 Å². The van der Waals surface area contributed by atoms with Crippen molar-refractivity contribution in [2.24, 2.45) is 0 Å². The zero-order chi connectivity index (χ0) is 10.7. The van der Waals surface area contributed by atoms with Crippen LogP contribution >= 0.6 is 27.3 Å². The molecule has 0 bridgehead atoms. The SMILES string of the molecule is CCCc1nc(C2CCCO2)sc1CBr. The van der Waals surface area contributed by atoms with Gasteiger partial charge in [0.1, 0.15) is 11.1 Å². The van der Waals surface area contributed by atoms with Crippen molar-refractivity contribution in [1.82, 2.24) is 4.98 Å². The van der Waals surface area contributed by atoms with E-state index in [1.54, 1.807) is 0 Å². The monoisotopic (exact) mass is 289 g/mol. The number of nitrogens with zero attached hydrogens (tertiary/aromatic N) is 1. The second-order valence-electron chi connectivity index (χ2n) is 3.81. The molecule has 2 nitrogen and oxygen atoms in total. The molecule has 84 valence electrons. The molecule has 0 spiro atoms. The number of hydrogen-bond acceptors (Lipinski definition) is 3. The Morgan fingerprint density at radius 1 is 1.60 bits per heavy atom. The van der Waals surface area contributed by atoms with Crippen LogP contribution in [0, 0.1) is 0 Å². The predicted octanol–water partition coefficient (Wildman–Crippen LogP) is 3.84. The molecule has 1 aromatic rings. The van der Waals surface area contributed by atoms with Gasteiger partial charge < -0.3 is 4.74 Å². The van der Waals surface area contributed by atoms with E-state index >= 15 is 0 Å². The van der Waals surface area contributed by atoms with Crippen LogP contribution in [0.4, 0.5) is 0 Å². The number of aromatic nitrogens is 1. The summed E-state index contributed by atoms with van der Waals surface area (Å²) in [7, 11) is 0. The molecule has 1 unspecified atom stereocenters. The van der Waals surface area contributed by atoms with Gasteiger partial charge in [-0.25, -0.2) is 4.98 Å². The van der Waals surface area contributed by atoms with Crippen molar-refractivity contribution in [2.75, 3.05) is 6.61 Å². The molecule has 15 heavy (non-hydrogen) atoms.